The highest BCUT2D eigenvalue weighted by Gasteiger charge is 2.29. The van der Waals surface area contributed by atoms with E-state index in [1.54, 1.807) is 4.90 Å². The van der Waals surface area contributed by atoms with Gasteiger partial charge in [0.1, 0.15) is 5.60 Å². The molecule has 1 saturated heterocycles. The van der Waals surface area contributed by atoms with Gasteiger partial charge in [-0.25, -0.2) is 4.79 Å². The van der Waals surface area contributed by atoms with E-state index in [2.05, 4.69) is 5.43 Å². The van der Waals surface area contributed by atoms with Crippen LogP contribution in [-0.2, 0) is 4.74 Å². The molecule has 1 aliphatic heterocycles. The molecule has 18 heavy (non-hydrogen) atoms. The minimum Gasteiger partial charge on any atom is -0.444 e. The summed E-state index contributed by atoms with van der Waals surface area (Å²) in [6.07, 6.45) is 4.63. The lowest BCUT2D eigenvalue weighted by atomic mass is 10.2. The Hall–Kier alpha value is -1.65. The molecule has 2 heterocycles. The zero-order chi connectivity index (χ0) is 13.2. The highest BCUT2D eigenvalue weighted by Crippen LogP contribution is 2.15. The number of carbonyl (C=O) groups excluding carboxylic acids is 1. The lowest BCUT2D eigenvalue weighted by Crippen LogP contribution is -2.37. The Bertz CT molecular complexity index is 395. The SMILES string of the molecule is CC(C)(C)OC(=O)N1CCC(Nn2cccc2)C1. The molecule has 1 aliphatic rings. The van der Waals surface area contributed by atoms with Crippen LogP contribution in [0.4, 0.5) is 4.79 Å². The Kier molecular flexibility index (Phi) is 3.50. The molecule has 1 unspecified atom stereocenters. The van der Waals surface area contributed by atoms with Crippen molar-refractivity contribution in [2.45, 2.75) is 38.8 Å². The summed E-state index contributed by atoms with van der Waals surface area (Å²) in [5.74, 6) is 0. The molecule has 0 aromatic carbocycles. The van der Waals surface area contributed by atoms with Crippen LogP contribution in [0.1, 0.15) is 27.2 Å². The Balaban J connectivity index is 1.83. The van der Waals surface area contributed by atoms with Crippen molar-refractivity contribution in [3.63, 3.8) is 0 Å². The molecule has 0 saturated carbocycles. The van der Waals surface area contributed by atoms with Gasteiger partial charge in [0, 0.05) is 25.5 Å². The first-order valence-electron chi connectivity index (χ1n) is 6.31. The minimum absolute atomic E-state index is 0.223. The lowest BCUT2D eigenvalue weighted by molar-refractivity contribution is 0.0293. The molecule has 0 bridgehead atoms. The number of likely N-dealkylation sites (tertiary alicyclic amines) is 1. The van der Waals surface area contributed by atoms with Gasteiger partial charge in [-0.2, -0.15) is 0 Å². The summed E-state index contributed by atoms with van der Waals surface area (Å²) in [6, 6.07) is 4.21. The van der Waals surface area contributed by atoms with Crippen molar-refractivity contribution in [1.29, 1.82) is 0 Å². The first kappa shape index (κ1) is 12.8. The van der Waals surface area contributed by atoms with Crippen molar-refractivity contribution in [3.05, 3.63) is 24.5 Å². The van der Waals surface area contributed by atoms with E-state index in [1.165, 1.54) is 0 Å². The van der Waals surface area contributed by atoms with E-state index in [1.807, 2.05) is 50.0 Å². The number of ether oxygens (including phenoxy) is 1. The number of rotatable bonds is 2. The quantitative estimate of drug-likeness (QED) is 0.875. The maximum Gasteiger partial charge on any atom is 0.410 e. The molecule has 1 fully saturated rings. The van der Waals surface area contributed by atoms with Crippen molar-refractivity contribution in [2.24, 2.45) is 0 Å². The Morgan fingerprint density at radius 3 is 2.61 bits per heavy atom. The predicted octanol–water partition coefficient (Wildman–Crippen LogP) is 2.04. The fourth-order valence-electron chi connectivity index (χ4n) is 1.99. The molecular formula is C13H21N3O2. The molecule has 2 rings (SSSR count). The zero-order valence-electron chi connectivity index (χ0n) is 11.2. The first-order chi connectivity index (χ1) is 8.44. The second-order valence-electron chi connectivity index (χ2n) is 5.63. The van der Waals surface area contributed by atoms with Gasteiger partial charge >= 0.3 is 6.09 Å². The van der Waals surface area contributed by atoms with Crippen LogP contribution in [0.2, 0.25) is 0 Å². The maximum absolute atomic E-state index is 11.9. The summed E-state index contributed by atoms with van der Waals surface area (Å²) in [7, 11) is 0. The fourth-order valence-corrected chi connectivity index (χ4v) is 1.99. The van der Waals surface area contributed by atoms with Crippen molar-refractivity contribution < 1.29 is 9.53 Å². The van der Waals surface area contributed by atoms with E-state index >= 15 is 0 Å². The smallest absolute Gasteiger partial charge is 0.410 e. The van der Waals surface area contributed by atoms with Crippen LogP contribution in [0.25, 0.3) is 0 Å². The molecule has 5 heteroatoms. The molecule has 1 N–H and O–H groups in total. The van der Waals surface area contributed by atoms with Crippen LogP contribution in [0.5, 0.6) is 0 Å². The second-order valence-corrected chi connectivity index (χ2v) is 5.63. The molecule has 1 amide bonds. The monoisotopic (exact) mass is 251 g/mol. The zero-order valence-corrected chi connectivity index (χ0v) is 11.2. The van der Waals surface area contributed by atoms with Crippen LogP contribution in [-0.4, -0.2) is 40.4 Å². The lowest BCUT2D eigenvalue weighted by Gasteiger charge is -2.24. The third-order valence-electron chi connectivity index (χ3n) is 2.78. The predicted molar refractivity (Wildman–Crippen MR) is 70.0 cm³/mol. The summed E-state index contributed by atoms with van der Waals surface area (Å²) >= 11 is 0. The summed E-state index contributed by atoms with van der Waals surface area (Å²) in [4.78, 5) is 13.6. The second kappa shape index (κ2) is 4.92. The van der Waals surface area contributed by atoms with Gasteiger partial charge in [-0.15, -0.1) is 0 Å². The summed E-state index contributed by atoms with van der Waals surface area (Å²) in [5, 5.41) is 0. The Morgan fingerprint density at radius 1 is 1.33 bits per heavy atom. The number of hydrogen-bond acceptors (Lipinski definition) is 3. The van der Waals surface area contributed by atoms with Gasteiger partial charge in [0.05, 0.1) is 6.04 Å². The number of hydrogen-bond donors (Lipinski definition) is 1. The number of aromatic nitrogens is 1. The van der Waals surface area contributed by atoms with Crippen molar-refractivity contribution in [1.82, 2.24) is 9.58 Å². The van der Waals surface area contributed by atoms with Crippen molar-refractivity contribution in [3.8, 4) is 0 Å². The minimum atomic E-state index is -0.428. The third-order valence-corrected chi connectivity index (χ3v) is 2.78. The molecule has 0 radical (unpaired) electrons. The van der Waals surface area contributed by atoms with Gasteiger partial charge < -0.3 is 15.1 Å². The molecule has 5 nitrogen and oxygen atoms in total. The topological polar surface area (TPSA) is 46.5 Å². The van der Waals surface area contributed by atoms with Crippen molar-refractivity contribution >= 4 is 6.09 Å². The van der Waals surface area contributed by atoms with Gasteiger partial charge in [-0.05, 0) is 39.3 Å². The summed E-state index contributed by atoms with van der Waals surface area (Å²) in [5.41, 5.74) is 2.91. The van der Waals surface area contributed by atoms with E-state index in [0.29, 0.717) is 6.54 Å². The largest absolute Gasteiger partial charge is 0.444 e. The van der Waals surface area contributed by atoms with Crippen LogP contribution >= 0.6 is 0 Å². The highest BCUT2D eigenvalue weighted by molar-refractivity contribution is 5.68. The van der Waals surface area contributed by atoms with Crippen molar-refractivity contribution in [2.75, 3.05) is 18.5 Å². The van der Waals surface area contributed by atoms with E-state index in [4.69, 9.17) is 4.74 Å². The molecule has 1 atom stereocenters. The van der Waals surface area contributed by atoms with Gasteiger partial charge in [0.2, 0.25) is 0 Å². The summed E-state index contributed by atoms with van der Waals surface area (Å²) < 4.78 is 7.28. The van der Waals surface area contributed by atoms with Crippen LogP contribution in [0.3, 0.4) is 0 Å². The normalized spacial score (nSPS) is 19.9. The van der Waals surface area contributed by atoms with Gasteiger partial charge in [-0.1, -0.05) is 0 Å². The van der Waals surface area contributed by atoms with Crippen LogP contribution < -0.4 is 5.43 Å². The van der Waals surface area contributed by atoms with Crippen LogP contribution in [0.15, 0.2) is 24.5 Å². The molecule has 100 valence electrons. The van der Waals surface area contributed by atoms with E-state index < -0.39 is 5.60 Å². The fraction of sp³-hybridized carbons (Fsp3) is 0.615. The average Bonchev–Trinajstić information content (AvgIpc) is 2.86. The van der Waals surface area contributed by atoms with E-state index in [9.17, 15) is 4.79 Å². The Morgan fingerprint density at radius 2 is 2.00 bits per heavy atom. The van der Waals surface area contributed by atoms with E-state index in [0.717, 1.165) is 13.0 Å². The maximum atomic E-state index is 11.9. The number of nitrogens with zero attached hydrogens (tertiary/aromatic N) is 2. The standard InChI is InChI=1S/C13H21N3O2/c1-13(2,3)18-12(17)15-9-6-11(10-15)14-16-7-4-5-8-16/h4-5,7-8,11,14H,6,9-10H2,1-3H3. The number of carbonyl (C=O) groups is 1. The molecule has 0 spiro atoms. The van der Waals surface area contributed by atoms with Gasteiger partial charge in [-0.3, -0.25) is 4.68 Å². The summed E-state index contributed by atoms with van der Waals surface area (Å²) in [6.45, 7) is 7.09. The first-order valence-corrected chi connectivity index (χ1v) is 6.31. The third kappa shape index (κ3) is 3.42. The molecule has 0 aliphatic carbocycles. The number of amides is 1. The van der Waals surface area contributed by atoms with Crippen LogP contribution in [0, 0.1) is 0 Å². The average molecular weight is 251 g/mol. The Labute approximate surface area is 108 Å². The van der Waals surface area contributed by atoms with Gasteiger partial charge in [0.25, 0.3) is 0 Å². The highest BCUT2D eigenvalue weighted by atomic mass is 16.6. The van der Waals surface area contributed by atoms with E-state index in [-0.39, 0.29) is 12.1 Å². The number of nitrogens with one attached hydrogen (secondary N) is 1. The molecule has 1 aromatic rings. The molecular weight excluding hydrogens is 230 g/mol. The van der Waals surface area contributed by atoms with Gasteiger partial charge in [0.15, 0.2) is 0 Å². The molecule has 1 aromatic heterocycles.